The van der Waals surface area contributed by atoms with Gasteiger partial charge in [-0.2, -0.15) is 0 Å². The number of amides is 1. The van der Waals surface area contributed by atoms with Crippen LogP contribution in [0.15, 0.2) is 12.2 Å². The summed E-state index contributed by atoms with van der Waals surface area (Å²) in [4.78, 5) is 21.5. The zero-order valence-electron chi connectivity index (χ0n) is 16.5. The molecule has 0 aliphatic carbocycles. The first kappa shape index (κ1) is 24.6. The van der Waals surface area contributed by atoms with Gasteiger partial charge in [0.1, 0.15) is 0 Å². The standard InChI is InChI=1S/C20H39N3O3/c1-2-3-4-5-6-7-8-9-10-11-14-21-15-16-22-17-18-23-19(24)12-13-20(25)26/h12-13,21-22H,2-11,14-18H2,1H3,(H,23,24)(H,25,26). The molecule has 0 rings (SSSR count). The van der Waals surface area contributed by atoms with Crippen molar-refractivity contribution < 1.29 is 14.7 Å². The number of carboxylic acids is 1. The van der Waals surface area contributed by atoms with Gasteiger partial charge < -0.3 is 21.1 Å². The summed E-state index contributed by atoms with van der Waals surface area (Å²) in [6.45, 7) is 6.26. The molecule has 0 aromatic carbocycles. The number of carbonyl (C=O) groups excluding carboxylic acids is 1. The highest BCUT2D eigenvalue weighted by Crippen LogP contribution is 2.10. The normalized spacial score (nSPS) is 11.1. The van der Waals surface area contributed by atoms with Crippen LogP contribution in [-0.4, -0.2) is 49.7 Å². The van der Waals surface area contributed by atoms with E-state index in [1.165, 1.54) is 64.2 Å². The van der Waals surface area contributed by atoms with Gasteiger partial charge in [0.15, 0.2) is 0 Å². The van der Waals surface area contributed by atoms with Gasteiger partial charge in [-0.05, 0) is 13.0 Å². The molecule has 0 aromatic rings. The largest absolute Gasteiger partial charge is 0.478 e. The Balaban J connectivity index is 3.13. The summed E-state index contributed by atoms with van der Waals surface area (Å²) in [5.74, 6) is -1.50. The SMILES string of the molecule is CCCCCCCCCCCCNCCNCCNC(=O)C=CC(=O)O. The third-order valence-corrected chi connectivity index (χ3v) is 4.16. The van der Waals surface area contributed by atoms with Crippen LogP contribution in [0.25, 0.3) is 0 Å². The molecular formula is C20H39N3O3. The van der Waals surface area contributed by atoms with Crippen LogP contribution in [0.1, 0.15) is 71.1 Å². The predicted molar refractivity (Wildman–Crippen MR) is 107 cm³/mol. The van der Waals surface area contributed by atoms with Gasteiger partial charge >= 0.3 is 5.97 Å². The summed E-state index contributed by atoms with van der Waals surface area (Å²) in [6.07, 6.45) is 15.5. The number of hydrogen-bond acceptors (Lipinski definition) is 4. The molecule has 1 amide bonds. The lowest BCUT2D eigenvalue weighted by Crippen LogP contribution is -2.34. The summed E-state index contributed by atoms with van der Waals surface area (Å²) in [6, 6.07) is 0. The fraction of sp³-hybridized carbons (Fsp3) is 0.800. The summed E-state index contributed by atoms with van der Waals surface area (Å²) in [5, 5.41) is 17.7. The first-order valence-electron chi connectivity index (χ1n) is 10.3. The summed E-state index contributed by atoms with van der Waals surface area (Å²) >= 11 is 0. The molecule has 6 heteroatoms. The molecule has 0 aromatic heterocycles. The molecule has 0 saturated heterocycles. The van der Waals surface area contributed by atoms with E-state index < -0.39 is 5.97 Å². The zero-order chi connectivity index (χ0) is 19.3. The summed E-state index contributed by atoms with van der Waals surface area (Å²) in [7, 11) is 0. The van der Waals surface area contributed by atoms with Crippen LogP contribution in [-0.2, 0) is 9.59 Å². The highest BCUT2D eigenvalue weighted by Gasteiger charge is 1.96. The van der Waals surface area contributed by atoms with Gasteiger partial charge in [0.25, 0.3) is 0 Å². The molecule has 0 aliphatic heterocycles. The smallest absolute Gasteiger partial charge is 0.328 e. The third kappa shape index (κ3) is 20.6. The van der Waals surface area contributed by atoms with Crippen molar-refractivity contribution in [1.82, 2.24) is 16.0 Å². The van der Waals surface area contributed by atoms with Crippen molar-refractivity contribution in [3.63, 3.8) is 0 Å². The highest BCUT2D eigenvalue weighted by atomic mass is 16.4. The molecule has 0 aliphatic rings. The molecule has 4 N–H and O–H groups in total. The van der Waals surface area contributed by atoms with E-state index in [0.717, 1.165) is 31.8 Å². The van der Waals surface area contributed by atoms with E-state index in [9.17, 15) is 9.59 Å². The third-order valence-electron chi connectivity index (χ3n) is 4.16. The Morgan fingerprint density at radius 3 is 1.77 bits per heavy atom. The maximum Gasteiger partial charge on any atom is 0.328 e. The Morgan fingerprint density at radius 1 is 0.692 bits per heavy atom. The number of carboxylic acid groups (broad SMARTS) is 1. The van der Waals surface area contributed by atoms with Crippen molar-refractivity contribution in [2.45, 2.75) is 71.1 Å². The van der Waals surface area contributed by atoms with Crippen molar-refractivity contribution in [2.75, 3.05) is 32.7 Å². The van der Waals surface area contributed by atoms with Crippen LogP contribution in [0.4, 0.5) is 0 Å². The summed E-state index contributed by atoms with van der Waals surface area (Å²) in [5.41, 5.74) is 0. The molecule has 0 fully saturated rings. The molecule has 0 atom stereocenters. The molecule has 0 heterocycles. The topological polar surface area (TPSA) is 90.5 Å². The number of hydrogen-bond donors (Lipinski definition) is 4. The van der Waals surface area contributed by atoms with Gasteiger partial charge in [0.05, 0.1) is 0 Å². The van der Waals surface area contributed by atoms with E-state index in [4.69, 9.17) is 5.11 Å². The van der Waals surface area contributed by atoms with Crippen LogP contribution in [0.3, 0.4) is 0 Å². The van der Waals surface area contributed by atoms with Crippen molar-refractivity contribution in [2.24, 2.45) is 0 Å². The number of nitrogens with one attached hydrogen (secondary N) is 3. The average Bonchev–Trinajstić information content (AvgIpc) is 2.62. The fourth-order valence-corrected chi connectivity index (χ4v) is 2.64. The maximum atomic E-state index is 11.2. The van der Waals surface area contributed by atoms with E-state index in [0.29, 0.717) is 13.1 Å². The Morgan fingerprint density at radius 2 is 1.19 bits per heavy atom. The lowest BCUT2D eigenvalue weighted by Gasteiger charge is -2.07. The van der Waals surface area contributed by atoms with Crippen molar-refractivity contribution in [3.8, 4) is 0 Å². The second-order valence-electron chi connectivity index (χ2n) is 6.64. The first-order chi connectivity index (χ1) is 12.7. The van der Waals surface area contributed by atoms with Gasteiger partial charge in [-0.25, -0.2) is 4.79 Å². The quantitative estimate of drug-likeness (QED) is 0.208. The number of rotatable bonds is 19. The van der Waals surface area contributed by atoms with Gasteiger partial charge in [-0.1, -0.05) is 64.7 Å². The van der Waals surface area contributed by atoms with Crippen LogP contribution in [0.5, 0.6) is 0 Å². The van der Waals surface area contributed by atoms with Crippen molar-refractivity contribution in [1.29, 1.82) is 0 Å². The van der Waals surface area contributed by atoms with Gasteiger partial charge in [-0.3, -0.25) is 4.79 Å². The molecule has 0 radical (unpaired) electrons. The Labute approximate surface area is 159 Å². The predicted octanol–water partition coefficient (Wildman–Crippen LogP) is 2.84. The minimum atomic E-state index is -1.12. The first-order valence-corrected chi connectivity index (χ1v) is 10.3. The minimum Gasteiger partial charge on any atom is -0.478 e. The van der Waals surface area contributed by atoms with Crippen molar-refractivity contribution >= 4 is 11.9 Å². The second kappa shape index (κ2) is 19.9. The molecule has 0 spiro atoms. The second-order valence-corrected chi connectivity index (χ2v) is 6.64. The maximum absolute atomic E-state index is 11.2. The Bertz CT molecular complexity index is 373. The zero-order valence-corrected chi connectivity index (χ0v) is 16.5. The van der Waals surface area contributed by atoms with E-state index in [-0.39, 0.29) is 5.91 Å². The van der Waals surface area contributed by atoms with Crippen LogP contribution < -0.4 is 16.0 Å². The van der Waals surface area contributed by atoms with Crippen LogP contribution in [0, 0.1) is 0 Å². The van der Waals surface area contributed by atoms with Gasteiger partial charge in [0.2, 0.25) is 5.91 Å². The summed E-state index contributed by atoms with van der Waals surface area (Å²) < 4.78 is 0. The molecular weight excluding hydrogens is 330 g/mol. The fourth-order valence-electron chi connectivity index (χ4n) is 2.64. The molecule has 26 heavy (non-hydrogen) atoms. The number of carbonyl (C=O) groups is 2. The molecule has 0 saturated carbocycles. The monoisotopic (exact) mass is 369 g/mol. The lowest BCUT2D eigenvalue weighted by molar-refractivity contribution is -0.131. The molecule has 0 unspecified atom stereocenters. The average molecular weight is 370 g/mol. The van der Waals surface area contributed by atoms with Gasteiger partial charge in [-0.15, -0.1) is 0 Å². The van der Waals surface area contributed by atoms with E-state index in [1.54, 1.807) is 0 Å². The van der Waals surface area contributed by atoms with Crippen LogP contribution >= 0.6 is 0 Å². The minimum absolute atomic E-state index is 0.381. The van der Waals surface area contributed by atoms with Crippen molar-refractivity contribution in [3.05, 3.63) is 12.2 Å². The number of aliphatic carboxylic acids is 1. The van der Waals surface area contributed by atoms with E-state index in [2.05, 4.69) is 22.9 Å². The molecule has 6 nitrogen and oxygen atoms in total. The Hall–Kier alpha value is -1.40. The Kier molecular flexibility index (Phi) is 18.8. The van der Waals surface area contributed by atoms with Gasteiger partial charge in [0, 0.05) is 38.3 Å². The van der Waals surface area contributed by atoms with E-state index in [1.807, 2.05) is 0 Å². The number of unbranched alkanes of at least 4 members (excludes halogenated alkanes) is 9. The lowest BCUT2D eigenvalue weighted by atomic mass is 10.1. The molecule has 152 valence electrons. The van der Waals surface area contributed by atoms with E-state index >= 15 is 0 Å². The van der Waals surface area contributed by atoms with Crippen LogP contribution in [0.2, 0.25) is 0 Å². The molecule has 0 bridgehead atoms. The highest BCUT2D eigenvalue weighted by molar-refractivity contribution is 5.93.